The van der Waals surface area contributed by atoms with E-state index in [-0.39, 0.29) is 73.8 Å². The number of phenolic OH excluding ortho intramolecular Hbond substituents is 1. The molecule has 0 spiro atoms. The largest absolute Gasteiger partial charge is 0.508 e. The van der Waals surface area contributed by atoms with Crippen molar-refractivity contribution in [3.8, 4) is 29.9 Å². The Labute approximate surface area is 506 Å². The monoisotopic (exact) mass is 1180 g/mol. The molecule has 6 aliphatic rings. The SMILES string of the molecule is C=CC(=O)N1CCN(c2nc(OC[C@@H]3CC(O)CN3C)nc3c2CCN(c2cc(C4CC[C@@H](COc5nc6c(c(N7CCN(C(=O)C(=C)F)[C@@H](CC#N)C7)n5)CCN(c5cc(O)cc7cccc(C)c57)C6)N4C)cc4cccc(C)c24)C3)C[C@@H]1CC#N. The van der Waals surface area contributed by atoms with Crippen molar-refractivity contribution < 1.29 is 33.7 Å². The lowest BCUT2D eigenvalue weighted by atomic mass is 9.94. The molecule has 8 heterocycles. The van der Waals surface area contributed by atoms with Crippen LogP contribution in [0.4, 0.5) is 27.4 Å². The van der Waals surface area contributed by atoms with Crippen molar-refractivity contribution >= 4 is 56.4 Å². The van der Waals surface area contributed by atoms with E-state index in [1.807, 2.05) is 25.2 Å². The number of aliphatic hydroxyl groups excluding tert-OH is 1. The van der Waals surface area contributed by atoms with E-state index in [4.69, 9.17) is 29.4 Å². The maximum absolute atomic E-state index is 14.3. The van der Waals surface area contributed by atoms with Crippen LogP contribution in [0.1, 0.15) is 77.4 Å². The Balaban J connectivity index is 0.823. The summed E-state index contributed by atoms with van der Waals surface area (Å²) < 4.78 is 27.5. The minimum absolute atomic E-state index is 0.000864. The predicted octanol–water partition coefficient (Wildman–Crippen LogP) is 7.21. The fourth-order valence-corrected chi connectivity index (χ4v) is 14.4. The Hall–Kier alpha value is -8.63. The van der Waals surface area contributed by atoms with Gasteiger partial charge in [-0.15, -0.1) is 0 Å². The summed E-state index contributed by atoms with van der Waals surface area (Å²) in [5.41, 5.74) is 9.07. The molecule has 21 heteroatoms. The van der Waals surface area contributed by atoms with Crippen molar-refractivity contribution in [2.45, 2.75) is 108 Å². The third kappa shape index (κ3) is 11.6. The number of hydrogen-bond acceptors (Lipinski definition) is 18. The highest BCUT2D eigenvalue weighted by Crippen LogP contribution is 2.43. The van der Waals surface area contributed by atoms with Gasteiger partial charge in [-0.05, 0) is 112 Å². The number of likely N-dealkylation sites (tertiary alicyclic amines) is 2. The average molecular weight is 1180 g/mol. The number of amides is 2. The number of likely N-dealkylation sites (N-methyl/N-ethyl adjacent to an activating group) is 2. The number of piperazine rings is 2. The van der Waals surface area contributed by atoms with Gasteiger partial charge in [0.2, 0.25) is 5.91 Å². The highest BCUT2D eigenvalue weighted by molar-refractivity contribution is 5.99. The number of fused-ring (bicyclic) bond motifs is 4. The fourth-order valence-electron chi connectivity index (χ4n) is 14.4. The molecule has 0 radical (unpaired) electrons. The van der Waals surface area contributed by atoms with Crippen LogP contribution in [0, 0.1) is 36.5 Å². The molecule has 2 unspecified atom stereocenters. The van der Waals surface area contributed by atoms with Crippen molar-refractivity contribution in [2.24, 2.45) is 0 Å². The zero-order valence-corrected chi connectivity index (χ0v) is 50.0. The van der Waals surface area contributed by atoms with Crippen molar-refractivity contribution in [2.75, 3.05) is 106 Å². The molecule has 2 N–H and O–H groups in total. The number of rotatable bonds is 15. The third-order valence-electron chi connectivity index (χ3n) is 18.9. The molecule has 2 amide bonds. The third-order valence-corrected chi connectivity index (χ3v) is 18.9. The van der Waals surface area contributed by atoms with Crippen LogP contribution >= 0.6 is 0 Å². The van der Waals surface area contributed by atoms with Gasteiger partial charge in [-0.2, -0.15) is 30.5 Å². The summed E-state index contributed by atoms with van der Waals surface area (Å²) in [4.78, 5) is 63.0. The number of phenols is 1. The van der Waals surface area contributed by atoms with Crippen LogP contribution in [0.5, 0.6) is 17.8 Å². The number of hydrogen-bond donors (Lipinski definition) is 2. The summed E-state index contributed by atoms with van der Waals surface area (Å²) in [7, 11) is 4.14. The Kier molecular flexibility index (Phi) is 16.6. The van der Waals surface area contributed by atoms with E-state index in [9.17, 15) is 34.7 Å². The first kappa shape index (κ1) is 58.7. The highest BCUT2D eigenvalue weighted by Gasteiger charge is 2.39. The maximum Gasteiger partial charge on any atom is 0.318 e. The zero-order valence-electron chi connectivity index (χ0n) is 50.0. The van der Waals surface area contributed by atoms with E-state index in [0.717, 1.165) is 79.8 Å². The van der Waals surface area contributed by atoms with Crippen LogP contribution in [-0.4, -0.2) is 178 Å². The standard InChI is InChI=1S/C66H75FN14O6/c1-7-59(84)80-26-24-78(33-46(80)16-20-68)62-52-18-22-76(36-54(52)71-66(73-62)87-39-49-31-51(83)35-74(49)5)57-30-45(28-43-12-8-10-40(2)60(43)57)56-15-14-48(75(56)6)38-86-65-70-55-37-77(58-32-50(82)29-44-13-9-11-41(3)61(44)58)23-19-53(55)63(72-65)79-25-27-81(64(85)42(4)67)47(34-79)17-21-69/h7-13,28-30,32,46-49,51,56,82-83H,1,4,14-19,22-27,31,33-39H2,2-3,5-6H3/t46-,47-,48-,49-,51?,56?/m0/s1. The van der Waals surface area contributed by atoms with Crippen LogP contribution in [0.3, 0.4) is 0 Å². The molecule has 0 aliphatic carbocycles. The van der Waals surface area contributed by atoms with Gasteiger partial charge in [0.05, 0.1) is 67.6 Å². The van der Waals surface area contributed by atoms with Crippen LogP contribution in [0.15, 0.2) is 85.7 Å². The number of aryl methyl sites for hydroxylation is 2. The number of nitriles is 2. The van der Waals surface area contributed by atoms with Crippen molar-refractivity contribution in [1.82, 2.24) is 39.5 Å². The van der Waals surface area contributed by atoms with Crippen molar-refractivity contribution in [1.29, 1.82) is 10.5 Å². The summed E-state index contributed by atoms with van der Waals surface area (Å²) >= 11 is 0. The Morgan fingerprint density at radius 1 is 0.701 bits per heavy atom. The summed E-state index contributed by atoms with van der Waals surface area (Å²) in [6.45, 7) is 16.8. The Morgan fingerprint density at radius 3 is 1.80 bits per heavy atom. The molecule has 4 fully saturated rings. The lowest BCUT2D eigenvalue weighted by molar-refractivity contribution is -0.131. The zero-order chi connectivity index (χ0) is 60.8. The molecule has 4 saturated heterocycles. The number of carbonyl (C=O) groups excluding carboxylic acids is 2. The molecule has 2 aromatic heterocycles. The number of anilines is 4. The maximum atomic E-state index is 14.3. The van der Waals surface area contributed by atoms with Gasteiger partial charge in [0, 0.05) is 116 Å². The second kappa shape index (κ2) is 24.6. The van der Waals surface area contributed by atoms with E-state index in [1.54, 1.807) is 11.0 Å². The second-order valence-corrected chi connectivity index (χ2v) is 24.3. The molecule has 0 bridgehead atoms. The van der Waals surface area contributed by atoms with Gasteiger partial charge in [0.1, 0.15) is 30.6 Å². The number of halogens is 1. The van der Waals surface area contributed by atoms with Gasteiger partial charge < -0.3 is 49.1 Å². The highest BCUT2D eigenvalue weighted by atomic mass is 19.1. The van der Waals surface area contributed by atoms with E-state index < -0.39 is 23.9 Å². The lowest BCUT2D eigenvalue weighted by Crippen LogP contribution is -2.55. The first-order chi connectivity index (χ1) is 42.1. The first-order valence-corrected chi connectivity index (χ1v) is 30.3. The summed E-state index contributed by atoms with van der Waals surface area (Å²) in [6, 6.07) is 24.9. The van der Waals surface area contributed by atoms with E-state index in [0.29, 0.717) is 97.2 Å². The van der Waals surface area contributed by atoms with Crippen molar-refractivity contribution in [3.63, 3.8) is 0 Å². The summed E-state index contributed by atoms with van der Waals surface area (Å²) in [6.07, 6.45) is 4.62. The molecule has 6 atom stereocenters. The molecule has 0 saturated carbocycles. The number of carbonyl (C=O) groups is 2. The number of ether oxygens (including phenoxy) is 2. The second-order valence-electron chi connectivity index (χ2n) is 24.3. The Morgan fingerprint density at radius 2 is 1.25 bits per heavy atom. The average Bonchev–Trinajstić information content (AvgIpc) is 1.45. The van der Waals surface area contributed by atoms with E-state index in [2.05, 4.69) is 112 Å². The van der Waals surface area contributed by atoms with Gasteiger partial charge >= 0.3 is 12.0 Å². The van der Waals surface area contributed by atoms with Crippen LogP contribution in [-0.2, 0) is 35.5 Å². The lowest BCUT2D eigenvalue weighted by Gasteiger charge is -2.42. The molecule has 6 aromatic rings. The topological polar surface area (TPSA) is 218 Å². The predicted molar refractivity (Wildman–Crippen MR) is 330 cm³/mol. The van der Waals surface area contributed by atoms with Crippen LogP contribution in [0.25, 0.3) is 21.5 Å². The fraction of sp³-hybridized carbons (Fsp3) is 0.455. The normalized spacial score (nSPS) is 22.5. The summed E-state index contributed by atoms with van der Waals surface area (Å²) in [5.74, 6) is -0.457. The number of benzene rings is 4. The van der Waals surface area contributed by atoms with Crippen LogP contribution < -0.4 is 29.1 Å². The molecule has 87 heavy (non-hydrogen) atoms. The quantitative estimate of drug-likeness (QED) is 0.0971. The molecular weight excluding hydrogens is 1100 g/mol. The van der Waals surface area contributed by atoms with Gasteiger partial charge in [0.25, 0.3) is 5.91 Å². The Bertz CT molecular complexity index is 3780. The minimum atomic E-state index is -1.06. The number of aromatic nitrogens is 4. The minimum Gasteiger partial charge on any atom is -0.508 e. The number of aliphatic hydroxyl groups is 1. The summed E-state index contributed by atoms with van der Waals surface area (Å²) in [5, 5.41) is 45.4. The first-order valence-electron chi connectivity index (χ1n) is 30.3. The van der Waals surface area contributed by atoms with E-state index >= 15 is 0 Å². The van der Waals surface area contributed by atoms with E-state index in [1.165, 1.54) is 21.9 Å². The molecular formula is C66H75FN14O6. The van der Waals surface area contributed by atoms with Crippen molar-refractivity contribution in [3.05, 3.63) is 125 Å². The van der Waals surface area contributed by atoms with Crippen LogP contribution in [0.2, 0.25) is 0 Å². The molecule has 12 rings (SSSR count). The number of aromatic hydroxyl groups is 1. The number of nitrogens with zero attached hydrogens (tertiary/aromatic N) is 14. The van der Waals surface area contributed by atoms with Gasteiger partial charge in [0.15, 0.2) is 5.83 Å². The molecule has 452 valence electrons. The molecule has 20 nitrogen and oxygen atoms in total. The molecule has 6 aliphatic heterocycles. The smallest absolute Gasteiger partial charge is 0.318 e. The molecule has 4 aromatic carbocycles. The van der Waals surface area contributed by atoms with Gasteiger partial charge in [-0.1, -0.05) is 49.6 Å². The number of β-amino-alcohol motifs (C(OH)–C–C–N with tert-alkyl or cyclic N) is 1. The van der Waals surface area contributed by atoms with Gasteiger partial charge in [-0.3, -0.25) is 19.4 Å². The van der Waals surface area contributed by atoms with Gasteiger partial charge in [-0.25, -0.2) is 4.39 Å².